The molecule has 0 saturated heterocycles. The van der Waals surface area contributed by atoms with E-state index in [0.29, 0.717) is 18.5 Å². The van der Waals surface area contributed by atoms with Crippen LogP contribution in [0.4, 0.5) is 5.69 Å². The van der Waals surface area contributed by atoms with Crippen LogP contribution >= 0.6 is 0 Å². The number of nitrogens with two attached hydrogens (primary N) is 1. The zero-order valence-electron chi connectivity index (χ0n) is 12.1. The fourth-order valence-electron chi connectivity index (χ4n) is 3.18. The third-order valence-corrected chi connectivity index (χ3v) is 4.25. The Hall–Kier alpha value is -1.22. The quantitative estimate of drug-likeness (QED) is 0.856. The smallest absolute Gasteiger partial charge is 0.141 e. The van der Waals surface area contributed by atoms with Crippen molar-refractivity contribution in [2.45, 2.75) is 38.6 Å². The minimum Gasteiger partial charge on any atom is -0.495 e. The van der Waals surface area contributed by atoms with Crippen LogP contribution in [0.3, 0.4) is 0 Å². The van der Waals surface area contributed by atoms with Gasteiger partial charge in [-0.1, -0.05) is 31.9 Å². The lowest BCUT2D eigenvalue weighted by atomic mass is 9.78. The number of rotatable bonds is 5. The summed E-state index contributed by atoms with van der Waals surface area (Å²) in [5, 5.41) is 3.59. The van der Waals surface area contributed by atoms with Crippen molar-refractivity contribution in [3.63, 3.8) is 0 Å². The zero-order chi connectivity index (χ0) is 13.7. The molecule has 0 aliphatic heterocycles. The highest BCUT2D eigenvalue weighted by Crippen LogP contribution is 2.33. The summed E-state index contributed by atoms with van der Waals surface area (Å²) < 4.78 is 5.40. The Balaban J connectivity index is 2.05. The maximum Gasteiger partial charge on any atom is 0.141 e. The molecule has 3 heteroatoms. The van der Waals surface area contributed by atoms with Gasteiger partial charge >= 0.3 is 0 Å². The summed E-state index contributed by atoms with van der Waals surface area (Å²) in [5.74, 6) is 2.40. The molecular formula is C16H26N2O. The van der Waals surface area contributed by atoms with Gasteiger partial charge in [0.2, 0.25) is 0 Å². The summed E-state index contributed by atoms with van der Waals surface area (Å²) in [4.78, 5) is 0. The van der Waals surface area contributed by atoms with E-state index in [1.54, 1.807) is 7.11 Å². The molecule has 3 atom stereocenters. The van der Waals surface area contributed by atoms with Crippen molar-refractivity contribution in [3.05, 3.63) is 24.3 Å². The van der Waals surface area contributed by atoms with Crippen molar-refractivity contribution in [2.24, 2.45) is 17.6 Å². The SMILES string of the molecule is COc1ccccc1NC(CN)C1CCCC(C)C1. The van der Waals surface area contributed by atoms with E-state index in [2.05, 4.69) is 18.3 Å². The average Bonchev–Trinajstić information content (AvgIpc) is 2.45. The summed E-state index contributed by atoms with van der Waals surface area (Å²) in [6.45, 7) is 3.03. The van der Waals surface area contributed by atoms with Crippen molar-refractivity contribution in [2.75, 3.05) is 19.0 Å². The Labute approximate surface area is 116 Å². The number of methoxy groups -OCH3 is 1. The van der Waals surface area contributed by atoms with E-state index in [0.717, 1.165) is 17.4 Å². The highest BCUT2D eigenvalue weighted by atomic mass is 16.5. The summed E-state index contributed by atoms with van der Waals surface area (Å²) in [6.07, 6.45) is 5.26. The molecule has 0 spiro atoms. The molecule has 0 radical (unpaired) electrons. The van der Waals surface area contributed by atoms with Crippen LogP contribution in [-0.4, -0.2) is 19.7 Å². The van der Waals surface area contributed by atoms with Crippen molar-refractivity contribution >= 4 is 5.69 Å². The highest BCUT2D eigenvalue weighted by molar-refractivity contribution is 5.56. The largest absolute Gasteiger partial charge is 0.495 e. The highest BCUT2D eigenvalue weighted by Gasteiger charge is 2.26. The van der Waals surface area contributed by atoms with E-state index in [1.807, 2.05) is 18.2 Å². The van der Waals surface area contributed by atoms with Crippen LogP contribution in [0.15, 0.2) is 24.3 Å². The number of nitrogens with one attached hydrogen (secondary N) is 1. The average molecular weight is 262 g/mol. The lowest BCUT2D eigenvalue weighted by Crippen LogP contribution is -2.38. The number of hydrogen-bond donors (Lipinski definition) is 2. The maximum atomic E-state index is 5.99. The third-order valence-electron chi connectivity index (χ3n) is 4.25. The van der Waals surface area contributed by atoms with E-state index in [9.17, 15) is 0 Å². The molecule has 106 valence electrons. The fraction of sp³-hybridized carbons (Fsp3) is 0.625. The predicted octanol–water partition coefficient (Wildman–Crippen LogP) is 3.26. The fourth-order valence-corrected chi connectivity index (χ4v) is 3.18. The van der Waals surface area contributed by atoms with Gasteiger partial charge in [-0.3, -0.25) is 0 Å². The molecule has 2 rings (SSSR count). The number of hydrogen-bond acceptors (Lipinski definition) is 3. The Morgan fingerprint density at radius 3 is 2.84 bits per heavy atom. The van der Waals surface area contributed by atoms with Gasteiger partial charge in [-0.25, -0.2) is 0 Å². The minimum absolute atomic E-state index is 0.346. The molecule has 1 aromatic carbocycles. The molecular weight excluding hydrogens is 236 g/mol. The molecule has 1 fully saturated rings. The van der Waals surface area contributed by atoms with E-state index in [1.165, 1.54) is 25.7 Å². The molecule has 0 aromatic heterocycles. The topological polar surface area (TPSA) is 47.3 Å². The summed E-state index contributed by atoms with van der Waals surface area (Å²) >= 11 is 0. The van der Waals surface area contributed by atoms with E-state index in [4.69, 9.17) is 10.5 Å². The number of anilines is 1. The van der Waals surface area contributed by atoms with Crippen molar-refractivity contribution in [3.8, 4) is 5.75 Å². The Bertz CT molecular complexity index is 394. The molecule has 3 nitrogen and oxygen atoms in total. The first-order valence-electron chi connectivity index (χ1n) is 7.34. The molecule has 0 heterocycles. The van der Waals surface area contributed by atoms with Crippen LogP contribution in [-0.2, 0) is 0 Å². The van der Waals surface area contributed by atoms with Gasteiger partial charge in [0.05, 0.1) is 12.8 Å². The normalized spacial score (nSPS) is 24.8. The van der Waals surface area contributed by atoms with Crippen LogP contribution in [0.5, 0.6) is 5.75 Å². The van der Waals surface area contributed by atoms with Crippen molar-refractivity contribution in [1.29, 1.82) is 0 Å². The molecule has 19 heavy (non-hydrogen) atoms. The second-order valence-corrected chi connectivity index (χ2v) is 5.72. The van der Waals surface area contributed by atoms with Gasteiger partial charge in [0, 0.05) is 12.6 Å². The molecule has 3 unspecified atom stereocenters. The van der Waals surface area contributed by atoms with Gasteiger partial charge in [-0.05, 0) is 36.8 Å². The Kier molecular flexibility index (Phi) is 5.08. The molecule has 3 N–H and O–H groups in total. The predicted molar refractivity (Wildman–Crippen MR) is 80.6 cm³/mol. The second-order valence-electron chi connectivity index (χ2n) is 5.72. The van der Waals surface area contributed by atoms with E-state index >= 15 is 0 Å². The number of ether oxygens (including phenoxy) is 1. The van der Waals surface area contributed by atoms with Crippen LogP contribution < -0.4 is 15.8 Å². The van der Waals surface area contributed by atoms with E-state index in [-0.39, 0.29) is 0 Å². The summed E-state index contributed by atoms with van der Waals surface area (Å²) in [5.41, 5.74) is 7.04. The third kappa shape index (κ3) is 3.63. The minimum atomic E-state index is 0.346. The van der Waals surface area contributed by atoms with Gasteiger partial charge in [-0.2, -0.15) is 0 Å². The van der Waals surface area contributed by atoms with Gasteiger partial charge < -0.3 is 15.8 Å². The van der Waals surface area contributed by atoms with Crippen molar-refractivity contribution < 1.29 is 4.74 Å². The molecule has 0 bridgehead atoms. The van der Waals surface area contributed by atoms with E-state index < -0.39 is 0 Å². The van der Waals surface area contributed by atoms with Crippen LogP contribution in [0.2, 0.25) is 0 Å². The first-order chi connectivity index (χ1) is 9.24. The first kappa shape index (κ1) is 14.2. The lowest BCUT2D eigenvalue weighted by Gasteiger charge is -2.34. The summed E-state index contributed by atoms with van der Waals surface area (Å²) in [6, 6.07) is 8.42. The molecule has 0 amide bonds. The van der Waals surface area contributed by atoms with Gasteiger partial charge in [-0.15, -0.1) is 0 Å². The molecule has 1 saturated carbocycles. The monoisotopic (exact) mass is 262 g/mol. The maximum absolute atomic E-state index is 5.99. The second kappa shape index (κ2) is 6.80. The molecule has 1 aromatic rings. The van der Waals surface area contributed by atoms with Crippen LogP contribution in [0.1, 0.15) is 32.6 Å². The Morgan fingerprint density at radius 2 is 2.16 bits per heavy atom. The van der Waals surface area contributed by atoms with Gasteiger partial charge in [0.25, 0.3) is 0 Å². The molecule has 1 aliphatic rings. The van der Waals surface area contributed by atoms with Gasteiger partial charge in [0.1, 0.15) is 5.75 Å². The van der Waals surface area contributed by atoms with Gasteiger partial charge in [0.15, 0.2) is 0 Å². The first-order valence-corrected chi connectivity index (χ1v) is 7.34. The zero-order valence-corrected chi connectivity index (χ0v) is 12.1. The standard InChI is InChI=1S/C16H26N2O/c1-12-6-5-7-13(10-12)15(11-17)18-14-8-3-4-9-16(14)19-2/h3-4,8-9,12-13,15,18H,5-7,10-11,17H2,1-2H3. The van der Waals surface area contributed by atoms with Crippen LogP contribution in [0, 0.1) is 11.8 Å². The summed E-state index contributed by atoms with van der Waals surface area (Å²) in [7, 11) is 1.71. The molecule has 1 aliphatic carbocycles. The lowest BCUT2D eigenvalue weighted by molar-refractivity contribution is 0.257. The number of benzene rings is 1. The van der Waals surface area contributed by atoms with Crippen molar-refractivity contribution in [1.82, 2.24) is 0 Å². The number of para-hydroxylation sites is 2. The Morgan fingerprint density at radius 1 is 1.37 bits per heavy atom. The van der Waals surface area contributed by atoms with Crippen LogP contribution in [0.25, 0.3) is 0 Å².